The van der Waals surface area contributed by atoms with Gasteiger partial charge in [0.25, 0.3) is 0 Å². The van der Waals surface area contributed by atoms with E-state index in [1.165, 1.54) is 0 Å². The molecule has 0 bridgehead atoms. The molecule has 7 atom stereocenters. The number of hydrogen-bond donors (Lipinski definition) is 6. The summed E-state index contributed by atoms with van der Waals surface area (Å²) in [6, 6.07) is 0. The number of unbranched alkanes of at least 4 members (excludes halogenated alkanes) is 1. The molecule has 46 heavy (non-hydrogen) atoms. The van der Waals surface area contributed by atoms with Crippen LogP contribution < -0.4 is 16.4 Å². The van der Waals surface area contributed by atoms with E-state index in [2.05, 4.69) is 10.6 Å². The summed E-state index contributed by atoms with van der Waals surface area (Å²) in [7, 11) is 0. The topological polar surface area (TPSA) is 219 Å². The van der Waals surface area contributed by atoms with Crippen LogP contribution in [0, 0.1) is 5.41 Å². The van der Waals surface area contributed by atoms with Crippen LogP contribution in [0.15, 0.2) is 0 Å². The van der Waals surface area contributed by atoms with Crippen molar-refractivity contribution in [1.82, 2.24) is 15.5 Å². The quantitative estimate of drug-likeness (QED) is 0.109. The standard InChI is InChI=1S/C31H54N4O11/c1-20-7-8-22(36)29(45-20)43-15-11-33-26(40)18-31(9-13-35(14-10-31)28(42)6-4-3-5-25(32)39)19-27(41)34-12-16-44-30-24(38)17-23(37)21(2)46-30/h20-24,29-30,36-38H,3-19H2,1-2H3,(H2,32,39)(H,33,40)(H,34,41)/t20-,21-,22-,23-,24-,29+,30+/m0/s1. The highest BCUT2D eigenvalue weighted by Gasteiger charge is 2.40. The Morgan fingerprint density at radius 2 is 1.39 bits per heavy atom. The highest BCUT2D eigenvalue weighted by molar-refractivity contribution is 5.81. The molecular weight excluding hydrogens is 604 g/mol. The number of nitrogens with zero attached hydrogens (tertiary/aromatic N) is 1. The fourth-order valence-corrected chi connectivity index (χ4v) is 6.09. The van der Waals surface area contributed by atoms with Crippen molar-refractivity contribution in [2.75, 3.05) is 39.4 Å². The van der Waals surface area contributed by atoms with Gasteiger partial charge in [-0.3, -0.25) is 19.2 Å². The van der Waals surface area contributed by atoms with Gasteiger partial charge in [-0.2, -0.15) is 0 Å². The van der Waals surface area contributed by atoms with Gasteiger partial charge in [-0.25, -0.2) is 0 Å². The maximum Gasteiger partial charge on any atom is 0.222 e. The monoisotopic (exact) mass is 658 g/mol. The number of hydrogen-bond acceptors (Lipinski definition) is 11. The minimum absolute atomic E-state index is 0.0154. The first kappa shape index (κ1) is 38.1. The van der Waals surface area contributed by atoms with E-state index in [4.69, 9.17) is 24.7 Å². The molecule has 0 aromatic rings. The van der Waals surface area contributed by atoms with Gasteiger partial charge in [0.2, 0.25) is 23.6 Å². The fraction of sp³-hybridized carbons (Fsp3) is 0.871. The molecular formula is C31H54N4O11. The summed E-state index contributed by atoms with van der Waals surface area (Å²) in [6.07, 6.45) is -0.423. The van der Waals surface area contributed by atoms with Crippen LogP contribution in [0.5, 0.6) is 0 Å². The molecule has 0 aromatic carbocycles. The minimum atomic E-state index is -0.978. The zero-order valence-electron chi connectivity index (χ0n) is 27.2. The van der Waals surface area contributed by atoms with Gasteiger partial charge in [0, 0.05) is 58.3 Å². The summed E-state index contributed by atoms with van der Waals surface area (Å²) in [5.74, 6) is -0.938. The van der Waals surface area contributed by atoms with E-state index < -0.39 is 48.3 Å². The number of amides is 4. The molecule has 15 nitrogen and oxygen atoms in total. The minimum Gasteiger partial charge on any atom is -0.390 e. The van der Waals surface area contributed by atoms with E-state index in [1.54, 1.807) is 11.8 Å². The predicted molar refractivity (Wildman–Crippen MR) is 164 cm³/mol. The van der Waals surface area contributed by atoms with Crippen LogP contribution in [0.25, 0.3) is 0 Å². The van der Waals surface area contributed by atoms with E-state index in [9.17, 15) is 34.5 Å². The lowest BCUT2D eigenvalue weighted by molar-refractivity contribution is -0.260. The van der Waals surface area contributed by atoms with Gasteiger partial charge in [0.05, 0.1) is 31.5 Å². The van der Waals surface area contributed by atoms with Crippen LogP contribution in [0.3, 0.4) is 0 Å². The molecule has 0 unspecified atom stereocenters. The molecule has 3 heterocycles. The van der Waals surface area contributed by atoms with Crippen molar-refractivity contribution in [3.05, 3.63) is 0 Å². The third-order valence-corrected chi connectivity index (χ3v) is 8.96. The molecule has 3 rings (SSSR count). The number of piperidine rings is 1. The molecule has 3 aliphatic heterocycles. The number of rotatable bonds is 17. The molecule has 7 N–H and O–H groups in total. The fourth-order valence-electron chi connectivity index (χ4n) is 6.09. The van der Waals surface area contributed by atoms with E-state index >= 15 is 0 Å². The number of aliphatic hydroxyl groups excluding tert-OH is 3. The maximum absolute atomic E-state index is 13.1. The van der Waals surface area contributed by atoms with Crippen LogP contribution >= 0.6 is 0 Å². The van der Waals surface area contributed by atoms with Crippen LogP contribution in [0.2, 0.25) is 0 Å². The Labute approximate surface area is 270 Å². The van der Waals surface area contributed by atoms with Crippen molar-refractivity contribution < 1.29 is 53.4 Å². The summed E-state index contributed by atoms with van der Waals surface area (Å²) >= 11 is 0. The molecule has 0 radical (unpaired) electrons. The number of likely N-dealkylation sites (tertiary alicyclic amines) is 1. The second-order valence-corrected chi connectivity index (χ2v) is 12.9. The first-order valence-corrected chi connectivity index (χ1v) is 16.6. The predicted octanol–water partition coefficient (Wildman–Crippen LogP) is -0.571. The third kappa shape index (κ3) is 12.7. The number of nitrogens with one attached hydrogen (secondary N) is 2. The molecule has 15 heteroatoms. The number of ether oxygens (including phenoxy) is 4. The van der Waals surface area contributed by atoms with E-state index in [0.717, 1.165) is 6.42 Å². The Bertz CT molecular complexity index is 994. The number of primary amides is 1. The second kappa shape index (κ2) is 18.8. The molecule has 3 aliphatic rings. The van der Waals surface area contributed by atoms with Gasteiger partial charge in [-0.05, 0) is 57.8 Å². The van der Waals surface area contributed by atoms with Crippen molar-refractivity contribution in [2.45, 2.75) is 128 Å². The Morgan fingerprint density at radius 1 is 0.826 bits per heavy atom. The molecule has 0 spiro atoms. The average molecular weight is 659 g/mol. The summed E-state index contributed by atoms with van der Waals surface area (Å²) in [6.45, 7) is 5.01. The van der Waals surface area contributed by atoms with E-state index in [-0.39, 0.29) is 75.8 Å². The molecule has 0 aliphatic carbocycles. The van der Waals surface area contributed by atoms with Crippen LogP contribution in [-0.4, -0.2) is 126 Å². The molecule has 3 saturated heterocycles. The molecule has 264 valence electrons. The first-order valence-electron chi connectivity index (χ1n) is 16.6. The van der Waals surface area contributed by atoms with Crippen molar-refractivity contribution in [1.29, 1.82) is 0 Å². The van der Waals surface area contributed by atoms with Gasteiger partial charge in [-0.1, -0.05) is 0 Å². The lowest BCUT2D eigenvalue weighted by Gasteiger charge is -2.41. The van der Waals surface area contributed by atoms with Gasteiger partial charge < -0.3 is 55.5 Å². The average Bonchev–Trinajstić information content (AvgIpc) is 3.00. The van der Waals surface area contributed by atoms with Gasteiger partial charge >= 0.3 is 0 Å². The van der Waals surface area contributed by atoms with Gasteiger partial charge in [0.15, 0.2) is 12.6 Å². The van der Waals surface area contributed by atoms with Crippen molar-refractivity contribution in [3.8, 4) is 0 Å². The van der Waals surface area contributed by atoms with Gasteiger partial charge in [-0.15, -0.1) is 0 Å². The number of aliphatic hydroxyl groups is 3. The molecule has 0 aromatic heterocycles. The smallest absolute Gasteiger partial charge is 0.222 e. The lowest BCUT2D eigenvalue weighted by Crippen LogP contribution is -2.48. The first-order chi connectivity index (χ1) is 21.9. The Morgan fingerprint density at radius 3 is 1.98 bits per heavy atom. The van der Waals surface area contributed by atoms with Crippen LogP contribution in [0.4, 0.5) is 0 Å². The summed E-state index contributed by atoms with van der Waals surface area (Å²) in [5, 5.41) is 35.7. The molecule has 3 fully saturated rings. The van der Waals surface area contributed by atoms with Crippen LogP contribution in [-0.2, 0) is 38.1 Å². The largest absolute Gasteiger partial charge is 0.390 e. The normalized spacial score (nSPS) is 29.6. The third-order valence-electron chi connectivity index (χ3n) is 8.96. The number of carbonyl (C=O) groups excluding carboxylic acids is 4. The summed E-state index contributed by atoms with van der Waals surface area (Å²) < 4.78 is 22.3. The summed E-state index contributed by atoms with van der Waals surface area (Å²) in [4.78, 5) is 51.6. The van der Waals surface area contributed by atoms with Gasteiger partial charge in [0.1, 0.15) is 12.2 Å². The van der Waals surface area contributed by atoms with E-state index in [0.29, 0.717) is 51.6 Å². The van der Waals surface area contributed by atoms with E-state index in [1.807, 2.05) is 6.92 Å². The Hall–Kier alpha value is -2.40. The lowest BCUT2D eigenvalue weighted by atomic mass is 9.72. The van der Waals surface area contributed by atoms with Crippen LogP contribution in [0.1, 0.15) is 84.5 Å². The Kier molecular flexibility index (Phi) is 15.6. The highest BCUT2D eigenvalue weighted by atomic mass is 16.7. The highest BCUT2D eigenvalue weighted by Crippen LogP contribution is 2.39. The molecule has 0 saturated carbocycles. The van der Waals surface area contributed by atoms with Crippen molar-refractivity contribution in [2.24, 2.45) is 11.1 Å². The zero-order valence-corrected chi connectivity index (χ0v) is 27.2. The Balaban J connectivity index is 1.48. The van der Waals surface area contributed by atoms with Crippen molar-refractivity contribution >= 4 is 23.6 Å². The summed E-state index contributed by atoms with van der Waals surface area (Å²) in [5.41, 5.74) is 4.50. The SMILES string of the molecule is C[C@@H]1O[C@@H](OCCNC(=O)CC2(CC(=O)NCCO[C@@H]3O[C@@H](C)CC[C@@H]3O)CCN(C(=O)CCCCC(N)=O)CC2)[C@@H](O)C[C@@H]1O. The molecule has 4 amide bonds. The zero-order chi connectivity index (χ0) is 33.7. The maximum atomic E-state index is 13.1. The second-order valence-electron chi connectivity index (χ2n) is 12.9. The van der Waals surface area contributed by atoms with Crippen molar-refractivity contribution in [3.63, 3.8) is 0 Å². The number of nitrogens with two attached hydrogens (primary N) is 1. The number of carbonyl (C=O) groups is 4.